The summed E-state index contributed by atoms with van der Waals surface area (Å²) in [5, 5.41) is 7.08. The molecule has 2 heterocycles. The number of nitrogens with zero attached hydrogens (tertiary/aromatic N) is 3. The molecule has 1 atom stereocenters. The third-order valence-corrected chi connectivity index (χ3v) is 6.48. The van der Waals surface area contributed by atoms with Gasteiger partial charge in [0.2, 0.25) is 17.7 Å². The fourth-order valence-corrected chi connectivity index (χ4v) is 4.54. The van der Waals surface area contributed by atoms with Crippen LogP contribution in [-0.2, 0) is 38.9 Å². The van der Waals surface area contributed by atoms with E-state index in [9.17, 15) is 27.6 Å². The topological polar surface area (TPSA) is 86.4 Å². The number of H-pyrrole nitrogens is 1. The summed E-state index contributed by atoms with van der Waals surface area (Å²) in [7, 11) is 1.56. The van der Waals surface area contributed by atoms with E-state index in [0.717, 1.165) is 35.6 Å². The van der Waals surface area contributed by atoms with Crippen molar-refractivity contribution in [1.82, 2.24) is 20.0 Å². The summed E-state index contributed by atoms with van der Waals surface area (Å²) in [6.45, 7) is 2.23. The minimum absolute atomic E-state index is 0.0392. The molecule has 1 saturated heterocycles. The Kier molecular flexibility index (Phi) is 6.26. The summed E-state index contributed by atoms with van der Waals surface area (Å²) in [5.74, 6) is -1.48. The van der Waals surface area contributed by atoms with E-state index in [0.29, 0.717) is 18.5 Å². The molecule has 1 aromatic carbocycles. The van der Waals surface area contributed by atoms with E-state index in [2.05, 4.69) is 10.2 Å². The molecule has 0 radical (unpaired) electrons. The maximum absolute atomic E-state index is 13.5. The molecule has 34 heavy (non-hydrogen) atoms. The molecule has 0 spiro atoms. The van der Waals surface area contributed by atoms with E-state index < -0.39 is 41.3 Å². The molecular weight excluding hydrogens is 449 g/mol. The number of hydrogen-bond acceptors (Lipinski definition) is 4. The molecular formula is C24H27F3N4O3. The second-order valence-corrected chi connectivity index (χ2v) is 9.20. The van der Waals surface area contributed by atoms with Crippen LogP contribution >= 0.6 is 0 Å². The van der Waals surface area contributed by atoms with Gasteiger partial charge in [0.25, 0.3) is 0 Å². The number of halogens is 3. The van der Waals surface area contributed by atoms with Gasteiger partial charge in [-0.05, 0) is 37.0 Å². The second-order valence-electron chi connectivity index (χ2n) is 9.20. The third-order valence-electron chi connectivity index (χ3n) is 6.48. The number of imide groups is 1. The number of carbonyl (C=O) groups excluding carboxylic acids is 3. The first-order chi connectivity index (χ1) is 16.0. The van der Waals surface area contributed by atoms with E-state index in [1.807, 2.05) is 13.0 Å². The second kappa shape index (κ2) is 8.88. The highest BCUT2D eigenvalue weighted by atomic mass is 19.4. The molecule has 182 valence electrons. The number of nitrogens with one attached hydrogen (secondary N) is 1. The lowest BCUT2D eigenvalue weighted by Crippen LogP contribution is -2.43. The Morgan fingerprint density at radius 1 is 1.26 bits per heavy atom. The molecule has 0 bridgehead atoms. The predicted octanol–water partition coefficient (Wildman–Crippen LogP) is 3.59. The Morgan fingerprint density at radius 3 is 2.65 bits per heavy atom. The molecule has 1 saturated carbocycles. The summed E-state index contributed by atoms with van der Waals surface area (Å²) in [5.41, 5.74) is -0.960. The van der Waals surface area contributed by atoms with Crippen LogP contribution in [-0.4, -0.2) is 50.8 Å². The van der Waals surface area contributed by atoms with E-state index in [-0.39, 0.29) is 24.6 Å². The van der Waals surface area contributed by atoms with Gasteiger partial charge in [0, 0.05) is 25.9 Å². The first-order valence-electron chi connectivity index (χ1n) is 11.4. The van der Waals surface area contributed by atoms with Crippen LogP contribution in [0.1, 0.15) is 61.5 Å². The lowest BCUT2D eigenvalue weighted by atomic mass is 9.75. The number of aromatic nitrogens is 2. The van der Waals surface area contributed by atoms with Gasteiger partial charge in [0.1, 0.15) is 0 Å². The fourth-order valence-electron chi connectivity index (χ4n) is 4.54. The molecule has 1 aliphatic carbocycles. The van der Waals surface area contributed by atoms with Crippen molar-refractivity contribution in [3.8, 4) is 0 Å². The molecule has 1 N–H and O–H groups in total. The van der Waals surface area contributed by atoms with Crippen LogP contribution in [0.3, 0.4) is 0 Å². The van der Waals surface area contributed by atoms with E-state index in [1.165, 1.54) is 17.0 Å². The van der Waals surface area contributed by atoms with Gasteiger partial charge in [0.15, 0.2) is 0 Å². The van der Waals surface area contributed by atoms with Gasteiger partial charge < -0.3 is 4.90 Å². The van der Waals surface area contributed by atoms with Gasteiger partial charge in [0.05, 0.1) is 28.9 Å². The SMILES string of the molecule is CCCc1cc(CN(C)C(=O)C[C@]2(c3cccc(C(F)(F)F)c3)CC(=O)N(C3CC3)C2=O)[nH]n1. The first kappa shape index (κ1) is 24.0. The average molecular weight is 476 g/mol. The zero-order valence-electron chi connectivity index (χ0n) is 19.1. The van der Waals surface area contributed by atoms with Crippen molar-refractivity contribution in [3.05, 3.63) is 52.8 Å². The first-order valence-corrected chi connectivity index (χ1v) is 11.4. The lowest BCUT2D eigenvalue weighted by molar-refractivity contribution is -0.143. The Hall–Kier alpha value is -3.17. The standard InChI is InChI=1S/C24H27F3N4O3/c1-3-5-17-11-18(29-28-17)14-30(2)20(32)12-23(13-21(33)31(22(23)34)19-8-9-19)15-6-4-7-16(10-15)24(25,26)27/h4,6-7,10-11,19H,3,5,8-9,12-14H2,1-2H3,(H,28,29)/t23-/m1/s1. The van der Waals surface area contributed by atoms with E-state index >= 15 is 0 Å². The number of likely N-dealkylation sites (tertiary alicyclic amines) is 1. The van der Waals surface area contributed by atoms with Crippen molar-refractivity contribution in [1.29, 1.82) is 0 Å². The number of aryl methyl sites for hydroxylation is 1. The maximum Gasteiger partial charge on any atom is 0.416 e. The number of alkyl halides is 3. The zero-order valence-corrected chi connectivity index (χ0v) is 19.1. The van der Waals surface area contributed by atoms with Crippen molar-refractivity contribution < 1.29 is 27.6 Å². The van der Waals surface area contributed by atoms with Gasteiger partial charge in [-0.15, -0.1) is 0 Å². The number of carbonyl (C=O) groups is 3. The molecule has 1 aromatic heterocycles. The smallest absolute Gasteiger partial charge is 0.340 e. The Balaban J connectivity index is 1.63. The molecule has 1 aliphatic heterocycles. The van der Waals surface area contributed by atoms with Gasteiger partial charge in [-0.2, -0.15) is 18.3 Å². The van der Waals surface area contributed by atoms with Crippen molar-refractivity contribution >= 4 is 17.7 Å². The van der Waals surface area contributed by atoms with Gasteiger partial charge in [-0.3, -0.25) is 24.4 Å². The van der Waals surface area contributed by atoms with Crippen LogP contribution in [0.2, 0.25) is 0 Å². The highest BCUT2D eigenvalue weighted by Gasteiger charge is 2.57. The van der Waals surface area contributed by atoms with Gasteiger partial charge in [-0.25, -0.2) is 0 Å². The van der Waals surface area contributed by atoms with Crippen molar-refractivity contribution in [2.24, 2.45) is 0 Å². The minimum Gasteiger partial charge on any atom is -0.340 e. The number of amides is 3. The number of benzene rings is 1. The average Bonchev–Trinajstić information content (AvgIpc) is 3.45. The van der Waals surface area contributed by atoms with Gasteiger partial charge >= 0.3 is 6.18 Å². The summed E-state index contributed by atoms with van der Waals surface area (Å²) >= 11 is 0. The molecule has 3 amide bonds. The highest BCUT2D eigenvalue weighted by molar-refractivity contribution is 6.11. The quantitative estimate of drug-likeness (QED) is 0.590. The van der Waals surface area contributed by atoms with Crippen molar-refractivity contribution in [2.45, 2.75) is 69.6 Å². The van der Waals surface area contributed by atoms with Crippen molar-refractivity contribution in [2.75, 3.05) is 7.05 Å². The summed E-state index contributed by atoms with van der Waals surface area (Å²) in [6, 6.07) is 6.04. The van der Waals surface area contributed by atoms with E-state index in [1.54, 1.807) is 7.05 Å². The normalized spacial score (nSPS) is 20.8. The third kappa shape index (κ3) is 4.58. The predicted molar refractivity (Wildman–Crippen MR) is 116 cm³/mol. The Bertz CT molecular complexity index is 1110. The van der Waals surface area contributed by atoms with Crippen LogP contribution in [0.5, 0.6) is 0 Å². The molecule has 4 rings (SSSR count). The maximum atomic E-state index is 13.5. The van der Waals surface area contributed by atoms with Crippen LogP contribution < -0.4 is 0 Å². The molecule has 2 aromatic rings. The number of rotatable bonds is 8. The van der Waals surface area contributed by atoms with Gasteiger partial charge in [-0.1, -0.05) is 31.5 Å². The molecule has 2 aliphatic rings. The summed E-state index contributed by atoms with van der Waals surface area (Å²) < 4.78 is 40.2. The number of aromatic amines is 1. The Morgan fingerprint density at radius 2 is 2.00 bits per heavy atom. The van der Waals surface area contributed by atoms with Crippen LogP contribution in [0.15, 0.2) is 30.3 Å². The van der Waals surface area contributed by atoms with Crippen LogP contribution in [0, 0.1) is 0 Å². The highest BCUT2D eigenvalue weighted by Crippen LogP contribution is 2.45. The lowest BCUT2D eigenvalue weighted by Gasteiger charge is -2.29. The monoisotopic (exact) mass is 476 g/mol. The molecule has 2 fully saturated rings. The molecule has 0 unspecified atom stereocenters. The molecule has 10 heteroatoms. The molecule has 7 nitrogen and oxygen atoms in total. The van der Waals surface area contributed by atoms with Crippen molar-refractivity contribution in [3.63, 3.8) is 0 Å². The van der Waals surface area contributed by atoms with Crippen LogP contribution in [0.25, 0.3) is 0 Å². The summed E-state index contributed by atoms with van der Waals surface area (Å²) in [4.78, 5) is 42.1. The minimum atomic E-state index is -4.61. The number of hydrogen-bond donors (Lipinski definition) is 1. The largest absolute Gasteiger partial charge is 0.416 e. The van der Waals surface area contributed by atoms with E-state index in [4.69, 9.17) is 0 Å². The fraction of sp³-hybridized carbons (Fsp3) is 0.500. The summed E-state index contributed by atoms with van der Waals surface area (Å²) in [6.07, 6.45) is -2.28. The zero-order chi connectivity index (χ0) is 24.7. The Labute approximate surface area is 195 Å². The van der Waals surface area contributed by atoms with Crippen LogP contribution in [0.4, 0.5) is 13.2 Å².